The molecule has 1 aromatic heterocycles. The van der Waals surface area contributed by atoms with E-state index in [9.17, 15) is 9.59 Å². The van der Waals surface area contributed by atoms with Gasteiger partial charge >= 0.3 is 0 Å². The number of rotatable bonds is 5. The maximum Gasteiger partial charge on any atom is 0.251 e. The van der Waals surface area contributed by atoms with Crippen molar-refractivity contribution in [3.05, 3.63) is 35.0 Å². The van der Waals surface area contributed by atoms with E-state index in [1.165, 1.54) is 24.1 Å². The fourth-order valence-electron chi connectivity index (χ4n) is 3.29. The number of aromatic amines is 1. The number of hydrogen-bond donors (Lipinski definition) is 3. The number of carbonyl (C=O) groups excluding carboxylic acids is 2. The molecule has 3 N–H and O–H groups in total. The molecule has 0 bridgehead atoms. The molecule has 0 saturated heterocycles. The van der Waals surface area contributed by atoms with Crippen LogP contribution in [0, 0.1) is 0 Å². The Kier molecular flexibility index (Phi) is 4.88. The van der Waals surface area contributed by atoms with Crippen molar-refractivity contribution in [3.8, 4) is 0 Å². The number of aromatic nitrogens is 1. The van der Waals surface area contributed by atoms with E-state index < -0.39 is 6.04 Å². The standard InChI is InChI=1S/C19H25N3O2/c1-3-10-20-18(23)12(2)21-19(24)13-8-9-17-15(11-13)14-6-4-5-7-16(14)22-17/h8-9,11-12,22H,3-7,10H2,1-2H3,(H,20,23)(H,21,24). The molecule has 1 heterocycles. The van der Waals surface area contributed by atoms with Crippen LogP contribution in [0.2, 0.25) is 0 Å². The van der Waals surface area contributed by atoms with Gasteiger partial charge in [-0.3, -0.25) is 9.59 Å². The van der Waals surface area contributed by atoms with Crippen LogP contribution in [0.1, 0.15) is 54.7 Å². The minimum atomic E-state index is -0.542. The second-order valence-electron chi connectivity index (χ2n) is 6.54. The summed E-state index contributed by atoms with van der Waals surface area (Å²) in [6.07, 6.45) is 5.45. The molecule has 1 aromatic carbocycles. The molecule has 0 aliphatic heterocycles. The molecule has 1 aliphatic rings. The van der Waals surface area contributed by atoms with Gasteiger partial charge < -0.3 is 15.6 Å². The minimum Gasteiger partial charge on any atom is -0.358 e. The summed E-state index contributed by atoms with van der Waals surface area (Å²) in [6.45, 7) is 4.33. The van der Waals surface area contributed by atoms with E-state index in [0.29, 0.717) is 12.1 Å². The normalized spacial score (nSPS) is 14.9. The first-order valence-electron chi connectivity index (χ1n) is 8.82. The van der Waals surface area contributed by atoms with Gasteiger partial charge in [-0.15, -0.1) is 0 Å². The predicted octanol–water partition coefficient (Wildman–Crippen LogP) is 2.69. The van der Waals surface area contributed by atoms with Crippen LogP contribution in [-0.2, 0) is 17.6 Å². The Morgan fingerprint density at radius 1 is 1.25 bits per heavy atom. The smallest absolute Gasteiger partial charge is 0.251 e. The number of H-pyrrole nitrogens is 1. The number of carbonyl (C=O) groups is 2. The lowest BCUT2D eigenvalue weighted by Gasteiger charge is -2.14. The molecular weight excluding hydrogens is 302 g/mol. The summed E-state index contributed by atoms with van der Waals surface area (Å²) in [4.78, 5) is 27.8. The van der Waals surface area contributed by atoms with Crippen LogP contribution in [0.3, 0.4) is 0 Å². The fourth-order valence-corrected chi connectivity index (χ4v) is 3.29. The van der Waals surface area contributed by atoms with Crippen LogP contribution in [0.5, 0.6) is 0 Å². The highest BCUT2D eigenvalue weighted by Gasteiger charge is 2.19. The van der Waals surface area contributed by atoms with Crippen molar-refractivity contribution >= 4 is 22.7 Å². The first kappa shape index (κ1) is 16.6. The monoisotopic (exact) mass is 327 g/mol. The molecule has 128 valence electrons. The van der Waals surface area contributed by atoms with Gasteiger partial charge in [0.2, 0.25) is 5.91 Å². The number of hydrogen-bond acceptors (Lipinski definition) is 2. The number of fused-ring (bicyclic) bond motifs is 3. The molecule has 1 atom stereocenters. The second-order valence-corrected chi connectivity index (χ2v) is 6.54. The first-order valence-corrected chi connectivity index (χ1v) is 8.82. The molecule has 1 aliphatic carbocycles. The van der Waals surface area contributed by atoms with Crippen molar-refractivity contribution in [2.45, 2.75) is 52.0 Å². The lowest BCUT2D eigenvalue weighted by Crippen LogP contribution is -2.45. The van der Waals surface area contributed by atoms with Gasteiger partial charge in [0.05, 0.1) is 0 Å². The van der Waals surface area contributed by atoms with Gasteiger partial charge in [0.25, 0.3) is 5.91 Å². The summed E-state index contributed by atoms with van der Waals surface area (Å²) < 4.78 is 0. The molecule has 0 fully saturated rings. The summed E-state index contributed by atoms with van der Waals surface area (Å²) in [7, 11) is 0. The Balaban J connectivity index is 1.76. The third-order valence-corrected chi connectivity index (χ3v) is 4.65. The van der Waals surface area contributed by atoms with E-state index in [1.54, 1.807) is 6.92 Å². The van der Waals surface area contributed by atoms with Crippen molar-refractivity contribution in [2.75, 3.05) is 6.54 Å². The summed E-state index contributed by atoms with van der Waals surface area (Å²) >= 11 is 0. The van der Waals surface area contributed by atoms with Gasteiger partial charge in [-0.1, -0.05) is 6.92 Å². The van der Waals surface area contributed by atoms with Crippen LogP contribution < -0.4 is 10.6 Å². The molecule has 24 heavy (non-hydrogen) atoms. The summed E-state index contributed by atoms with van der Waals surface area (Å²) in [6, 6.07) is 5.18. The number of aryl methyl sites for hydroxylation is 2. The lowest BCUT2D eigenvalue weighted by molar-refractivity contribution is -0.122. The summed E-state index contributed by atoms with van der Waals surface area (Å²) in [5, 5.41) is 6.72. The van der Waals surface area contributed by atoms with Crippen LogP contribution in [0.25, 0.3) is 10.9 Å². The Morgan fingerprint density at radius 3 is 2.83 bits per heavy atom. The van der Waals surface area contributed by atoms with Crippen LogP contribution in [0.4, 0.5) is 0 Å². The SMILES string of the molecule is CCCNC(=O)C(C)NC(=O)c1ccc2[nH]c3c(c2c1)CCCC3. The molecule has 0 spiro atoms. The predicted molar refractivity (Wildman–Crippen MR) is 95.2 cm³/mol. The molecule has 5 heteroatoms. The van der Waals surface area contributed by atoms with Gasteiger partial charge in [0, 0.05) is 28.7 Å². The van der Waals surface area contributed by atoms with Gasteiger partial charge in [0.1, 0.15) is 6.04 Å². The molecular formula is C19H25N3O2. The zero-order valence-corrected chi connectivity index (χ0v) is 14.4. The molecule has 0 radical (unpaired) electrons. The van der Waals surface area contributed by atoms with E-state index in [-0.39, 0.29) is 11.8 Å². The van der Waals surface area contributed by atoms with Gasteiger partial charge in [-0.05, 0) is 62.8 Å². The average molecular weight is 327 g/mol. The Hall–Kier alpha value is -2.30. The number of benzene rings is 1. The van der Waals surface area contributed by atoms with Crippen molar-refractivity contribution < 1.29 is 9.59 Å². The highest BCUT2D eigenvalue weighted by atomic mass is 16.2. The molecule has 2 amide bonds. The van der Waals surface area contributed by atoms with Gasteiger partial charge in [-0.25, -0.2) is 0 Å². The molecule has 3 rings (SSSR count). The van der Waals surface area contributed by atoms with Crippen LogP contribution in [0.15, 0.2) is 18.2 Å². The minimum absolute atomic E-state index is 0.148. The second kappa shape index (κ2) is 7.07. The largest absolute Gasteiger partial charge is 0.358 e. The highest BCUT2D eigenvalue weighted by molar-refractivity contribution is 6.01. The lowest BCUT2D eigenvalue weighted by atomic mass is 9.95. The molecule has 2 aromatic rings. The van der Waals surface area contributed by atoms with Gasteiger partial charge in [-0.2, -0.15) is 0 Å². The Morgan fingerprint density at radius 2 is 2.04 bits per heavy atom. The van der Waals surface area contributed by atoms with Gasteiger partial charge in [0.15, 0.2) is 0 Å². The summed E-state index contributed by atoms with van der Waals surface area (Å²) in [5.41, 5.74) is 4.35. The maximum atomic E-state index is 12.5. The quantitative estimate of drug-likeness (QED) is 0.790. The average Bonchev–Trinajstić information content (AvgIpc) is 2.97. The van der Waals surface area contributed by atoms with E-state index >= 15 is 0 Å². The van der Waals surface area contributed by atoms with E-state index in [2.05, 4.69) is 15.6 Å². The van der Waals surface area contributed by atoms with Crippen molar-refractivity contribution in [1.82, 2.24) is 15.6 Å². The van der Waals surface area contributed by atoms with Crippen LogP contribution >= 0.6 is 0 Å². The zero-order chi connectivity index (χ0) is 17.1. The maximum absolute atomic E-state index is 12.5. The summed E-state index contributed by atoms with van der Waals surface area (Å²) in [5.74, 6) is -0.355. The van der Waals surface area contributed by atoms with Crippen molar-refractivity contribution in [3.63, 3.8) is 0 Å². The van der Waals surface area contributed by atoms with Crippen molar-refractivity contribution in [2.24, 2.45) is 0 Å². The Labute approximate surface area is 142 Å². The topological polar surface area (TPSA) is 74.0 Å². The molecule has 5 nitrogen and oxygen atoms in total. The van der Waals surface area contributed by atoms with E-state index in [1.807, 2.05) is 25.1 Å². The highest BCUT2D eigenvalue weighted by Crippen LogP contribution is 2.29. The van der Waals surface area contributed by atoms with Crippen LogP contribution in [-0.4, -0.2) is 29.4 Å². The van der Waals surface area contributed by atoms with E-state index in [4.69, 9.17) is 0 Å². The first-order chi connectivity index (χ1) is 11.6. The fraction of sp³-hybridized carbons (Fsp3) is 0.474. The molecule has 0 saturated carbocycles. The Bertz CT molecular complexity index is 763. The number of nitrogens with one attached hydrogen (secondary N) is 3. The third kappa shape index (κ3) is 3.30. The third-order valence-electron chi connectivity index (χ3n) is 4.65. The van der Waals surface area contributed by atoms with E-state index in [0.717, 1.165) is 30.2 Å². The number of amides is 2. The molecule has 1 unspecified atom stereocenters. The zero-order valence-electron chi connectivity index (χ0n) is 14.4. The van der Waals surface area contributed by atoms with Crippen molar-refractivity contribution in [1.29, 1.82) is 0 Å².